The second-order valence-corrected chi connectivity index (χ2v) is 2.79. The van der Waals surface area contributed by atoms with Crippen LogP contribution >= 0.6 is 0 Å². The number of nitrogens with two attached hydrogens (primary N) is 1. The van der Waals surface area contributed by atoms with E-state index in [4.69, 9.17) is 5.73 Å². The van der Waals surface area contributed by atoms with E-state index in [1.165, 1.54) is 6.08 Å². The van der Waals surface area contributed by atoms with Crippen molar-refractivity contribution in [3.8, 4) is 0 Å². The monoisotopic (exact) mass is 206 g/mol. The maximum absolute atomic E-state index is 10.3. The van der Waals surface area contributed by atoms with E-state index in [1.54, 1.807) is 18.2 Å². The quantitative estimate of drug-likeness (QED) is 0.595. The van der Waals surface area contributed by atoms with Gasteiger partial charge in [0.2, 0.25) is 6.08 Å². The summed E-state index contributed by atoms with van der Waals surface area (Å²) in [6.07, 6.45) is 1.19. The van der Waals surface area contributed by atoms with Gasteiger partial charge in [0.15, 0.2) is 0 Å². The Morgan fingerprint density at radius 1 is 1.53 bits per heavy atom. The normalized spacial score (nSPS) is 9.07. The van der Waals surface area contributed by atoms with Crippen LogP contribution in [0.15, 0.2) is 29.3 Å². The summed E-state index contributed by atoms with van der Waals surface area (Å²) in [6.45, 7) is 0.212. The van der Waals surface area contributed by atoms with E-state index in [9.17, 15) is 9.59 Å². The molecule has 0 aliphatic heterocycles. The second kappa shape index (κ2) is 5.57. The van der Waals surface area contributed by atoms with Gasteiger partial charge in [0.05, 0.1) is 12.3 Å². The van der Waals surface area contributed by atoms with Crippen LogP contribution in [0.25, 0.3) is 0 Å². The number of ether oxygens (including phenoxy) is 1. The molecule has 0 aromatic heterocycles. The third kappa shape index (κ3) is 4.06. The minimum atomic E-state index is -0.794. The molecule has 0 saturated heterocycles. The number of rotatable bonds is 4. The molecule has 0 spiro atoms. The number of hydrogen-bond acceptors (Lipinski definition) is 4. The summed E-state index contributed by atoms with van der Waals surface area (Å²) in [6, 6.07) is 7.00. The van der Waals surface area contributed by atoms with E-state index in [0.29, 0.717) is 12.1 Å². The van der Waals surface area contributed by atoms with E-state index in [2.05, 4.69) is 9.73 Å². The van der Waals surface area contributed by atoms with E-state index in [-0.39, 0.29) is 6.61 Å². The Labute approximate surface area is 86.6 Å². The highest BCUT2D eigenvalue weighted by atomic mass is 16.5. The number of primary amides is 1. The molecule has 2 N–H and O–H groups in total. The summed E-state index contributed by atoms with van der Waals surface area (Å²) in [7, 11) is 0. The van der Waals surface area contributed by atoms with Gasteiger partial charge < -0.3 is 10.5 Å². The minimum absolute atomic E-state index is 0.212. The van der Waals surface area contributed by atoms with E-state index in [1.807, 2.05) is 6.07 Å². The van der Waals surface area contributed by atoms with Gasteiger partial charge in [0.25, 0.3) is 0 Å². The SMILES string of the molecule is NC(=O)OCCc1cccc(N=C=O)c1. The van der Waals surface area contributed by atoms with Crippen LogP contribution in [-0.4, -0.2) is 18.8 Å². The highest BCUT2D eigenvalue weighted by molar-refractivity contribution is 5.64. The van der Waals surface area contributed by atoms with Gasteiger partial charge in [-0.3, -0.25) is 0 Å². The second-order valence-electron chi connectivity index (χ2n) is 2.79. The third-order valence-corrected chi connectivity index (χ3v) is 1.72. The molecule has 5 heteroatoms. The smallest absolute Gasteiger partial charge is 0.404 e. The van der Waals surface area contributed by atoms with E-state index in [0.717, 1.165) is 5.56 Å². The van der Waals surface area contributed by atoms with Crippen molar-refractivity contribution < 1.29 is 14.3 Å². The van der Waals surface area contributed by atoms with Crippen molar-refractivity contribution in [2.24, 2.45) is 10.7 Å². The summed E-state index contributed by atoms with van der Waals surface area (Å²) >= 11 is 0. The number of aliphatic imine (C=N–C) groups is 1. The van der Waals surface area contributed by atoms with Crippen LogP contribution in [-0.2, 0) is 16.0 Å². The number of amides is 1. The highest BCUT2D eigenvalue weighted by Gasteiger charge is 1.97. The zero-order chi connectivity index (χ0) is 11.1. The Morgan fingerprint density at radius 3 is 3.00 bits per heavy atom. The topological polar surface area (TPSA) is 81.8 Å². The summed E-state index contributed by atoms with van der Waals surface area (Å²) in [5.41, 5.74) is 6.24. The van der Waals surface area contributed by atoms with Gasteiger partial charge in [-0.15, -0.1) is 0 Å². The zero-order valence-electron chi connectivity index (χ0n) is 7.97. The van der Waals surface area contributed by atoms with Gasteiger partial charge in [0, 0.05) is 6.42 Å². The van der Waals surface area contributed by atoms with Crippen molar-refractivity contribution in [2.45, 2.75) is 6.42 Å². The predicted molar refractivity (Wildman–Crippen MR) is 53.5 cm³/mol. The number of hydrogen-bond donors (Lipinski definition) is 1. The molecule has 1 rings (SSSR count). The first-order valence-corrected chi connectivity index (χ1v) is 4.31. The highest BCUT2D eigenvalue weighted by Crippen LogP contribution is 2.13. The van der Waals surface area contributed by atoms with Crippen LogP contribution in [0.4, 0.5) is 10.5 Å². The molecule has 1 amide bonds. The van der Waals surface area contributed by atoms with E-state index >= 15 is 0 Å². The molecule has 0 saturated carbocycles. The lowest BCUT2D eigenvalue weighted by molar-refractivity contribution is 0.158. The zero-order valence-corrected chi connectivity index (χ0v) is 7.97. The molecule has 15 heavy (non-hydrogen) atoms. The van der Waals surface area contributed by atoms with Crippen molar-refractivity contribution in [3.63, 3.8) is 0 Å². The van der Waals surface area contributed by atoms with Gasteiger partial charge in [-0.05, 0) is 17.7 Å². The minimum Gasteiger partial charge on any atom is -0.449 e. The standard InChI is InChI=1S/C10H10N2O3/c11-10(14)15-5-4-8-2-1-3-9(6-8)12-7-13/h1-3,6H,4-5H2,(H2,11,14). The van der Waals surface area contributed by atoms with Gasteiger partial charge >= 0.3 is 6.09 Å². The number of carbonyl (C=O) groups is 1. The first-order chi connectivity index (χ1) is 7.22. The molecule has 78 valence electrons. The maximum atomic E-state index is 10.3. The average Bonchev–Trinajstić information content (AvgIpc) is 2.18. The Bertz CT molecular complexity index is 397. The molecule has 0 aliphatic rings. The van der Waals surface area contributed by atoms with Crippen molar-refractivity contribution in [1.82, 2.24) is 0 Å². The number of nitrogens with zero attached hydrogens (tertiary/aromatic N) is 1. The van der Waals surface area contributed by atoms with Gasteiger partial charge in [-0.25, -0.2) is 9.59 Å². The summed E-state index contributed by atoms with van der Waals surface area (Å²) in [5.74, 6) is 0. The molecule has 0 atom stereocenters. The van der Waals surface area contributed by atoms with Crippen LogP contribution in [0.3, 0.4) is 0 Å². The van der Waals surface area contributed by atoms with Crippen molar-refractivity contribution in [1.29, 1.82) is 0 Å². The third-order valence-electron chi connectivity index (χ3n) is 1.72. The fraction of sp³-hybridized carbons (Fsp3) is 0.200. The molecule has 0 heterocycles. The molecule has 0 unspecified atom stereocenters. The van der Waals surface area contributed by atoms with Crippen LogP contribution in [0, 0.1) is 0 Å². The molecule has 1 aromatic carbocycles. The number of carbonyl (C=O) groups excluding carboxylic acids is 2. The fourth-order valence-corrected chi connectivity index (χ4v) is 1.10. The van der Waals surface area contributed by atoms with Gasteiger partial charge in [0.1, 0.15) is 0 Å². The first kappa shape index (κ1) is 10.9. The maximum Gasteiger partial charge on any atom is 0.404 e. The fourth-order valence-electron chi connectivity index (χ4n) is 1.10. The molecule has 0 bridgehead atoms. The van der Waals surface area contributed by atoms with Gasteiger partial charge in [-0.2, -0.15) is 4.99 Å². The summed E-state index contributed by atoms with van der Waals surface area (Å²) in [5, 5.41) is 0. The summed E-state index contributed by atoms with van der Waals surface area (Å²) < 4.78 is 4.58. The van der Waals surface area contributed by atoms with E-state index < -0.39 is 6.09 Å². The van der Waals surface area contributed by atoms with Crippen molar-refractivity contribution in [3.05, 3.63) is 29.8 Å². The number of isocyanates is 1. The number of benzene rings is 1. The Kier molecular flexibility index (Phi) is 4.06. The Balaban J connectivity index is 2.57. The van der Waals surface area contributed by atoms with Crippen molar-refractivity contribution in [2.75, 3.05) is 6.61 Å². The van der Waals surface area contributed by atoms with Crippen LogP contribution in [0.5, 0.6) is 0 Å². The molecular formula is C10H10N2O3. The predicted octanol–water partition coefficient (Wildman–Crippen LogP) is 1.29. The average molecular weight is 206 g/mol. The Morgan fingerprint density at radius 2 is 2.33 bits per heavy atom. The molecule has 0 radical (unpaired) electrons. The molecule has 1 aromatic rings. The van der Waals surface area contributed by atoms with Crippen LogP contribution < -0.4 is 5.73 Å². The van der Waals surface area contributed by atoms with Crippen LogP contribution in [0.2, 0.25) is 0 Å². The van der Waals surface area contributed by atoms with Gasteiger partial charge in [-0.1, -0.05) is 12.1 Å². The largest absolute Gasteiger partial charge is 0.449 e. The molecule has 0 fully saturated rings. The molecule has 0 aliphatic carbocycles. The first-order valence-electron chi connectivity index (χ1n) is 4.31. The lowest BCUT2D eigenvalue weighted by atomic mass is 10.1. The van der Waals surface area contributed by atoms with Crippen molar-refractivity contribution >= 4 is 17.9 Å². The van der Waals surface area contributed by atoms with Crippen LogP contribution in [0.1, 0.15) is 5.56 Å². The lowest BCUT2D eigenvalue weighted by Gasteiger charge is -2.02. The molecular weight excluding hydrogens is 196 g/mol. The molecule has 5 nitrogen and oxygen atoms in total. The summed E-state index contributed by atoms with van der Waals surface area (Å²) in [4.78, 5) is 23.8. The Hall–Kier alpha value is -2.13. The lowest BCUT2D eigenvalue weighted by Crippen LogP contribution is -2.14.